The molecule has 0 unspecified atom stereocenters. The maximum absolute atomic E-state index is 13.3. The van der Waals surface area contributed by atoms with Crippen LogP contribution in [0, 0.1) is 5.82 Å². The molecule has 0 atom stereocenters. The van der Waals surface area contributed by atoms with Gasteiger partial charge in [0.1, 0.15) is 5.82 Å². The fourth-order valence-electron chi connectivity index (χ4n) is 3.28. The molecule has 0 saturated carbocycles. The first-order valence-electron chi connectivity index (χ1n) is 9.24. The van der Waals surface area contributed by atoms with Gasteiger partial charge < -0.3 is 4.90 Å². The van der Waals surface area contributed by atoms with Crippen LogP contribution >= 0.6 is 0 Å². The zero-order chi connectivity index (χ0) is 19.3. The summed E-state index contributed by atoms with van der Waals surface area (Å²) in [7, 11) is -3.75. The van der Waals surface area contributed by atoms with Gasteiger partial charge in [-0.2, -0.15) is 0 Å². The Morgan fingerprint density at radius 2 is 1.63 bits per heavy atom. The smallest absolute Gasteiger partial charge is 0.240 e. The molecule has 7 heteroatoms. The van der Waals surface area contributed by atoms with Crippen LogP contribution in [0.15, 0.2) is 53.4 Å². The van der Waals surface area contributed by atoms with Crippen LogP contribution in [0.1, 0.15) is 18.1 Å². The van der Waals surface area contributed by atoms with Gasteiger partial charge >= 0.3 is 0 Å². The van der Waals surface area contributed by atoms with Crippen molar-refractivity contribution in [3.63, 3.8) is 0 Å². The van der Waals surface area contributed by atoms with Crippen molar-refractivity contribution in [3.8, 4) is 0 Å². The van der Waals surface area contributed by atoms with E-state index in [1.54, 1.807) is 0 Å². The Hall–Kier alpha value is -1.80. The summed E-state index contributed by atoms with van der Waals surface area (Å²) in [6.45, 7) is 8.38. The van der Waals surface area contributed by atoms with Gasteiger partial charge in [-0.25, -0.2) is 17.5 Å². The molecule has 1 N–H and O–H groups in total. The third-order valence-corrected chi connectivity index (χ3v) is 6.38. The summed E-state index contributed by atoms with van der Waals surface area (Å²) in [6, 6.07) is 12.9. The molecule has 0 amide bonds. The minimum atomic E-state index is -3.75. The lowest BCUT2D eigenvalue weighted by Crippen LogP contribution is -2.45. The van der Waals surface area contributed by atoms with Crippen molar-refractivity contribution >= 4 is 10.0 Å². The van der Waals surface area contributed by atoms with Crippen LogP contribution in [-0.4, -0.2) is 50.9 Å². The Morgan fingerprint density at radius 1 is 0.963 bits per heavy atom. The summed E-state index contributed by atoms with van der Waals surface area (Å²) in [5.41, 5.74) is 2.06. The van der Waals surface area contributed by atoms with E-state index in [0.717, 1.165) is 56.5 Å². The van der Waals surface area contributed by atoms with E-state index in [1.807, 2.05) is 24.3 Å². The van der Waals surface area contributed by atoms with E-state index in [9.17, 15) is 12.8 Å². The second kappa shape index (κ2) is 8.93. The monoisotopic (exact) mass is 391 g/mol. The van der Waals surface area contributed by atoms with Crippen molar-refractivity contribution in [1.82, 2.24) is 14.5 Å². The Bertz CT molecular complexity index is 865. The summed E-state index contributed by atoms with van der Waals surface area (Å²) in [6.07, 6.45) is 0. The topological polar surface area (TPSA) is 52.6 Å². The Labute approximate surface area is 160 Å². The average molecular weight is 392 g/mol. The highest BCUT2D eigenvalue weighted by Gasteiger charge is 2.18. The number of likely N-dealkylation sites (N-methyl/N-ethyl adjacent to an activating group) is 1. The van der Waals surface area contributed by atoms with E-state index >= 15 is 0 Å². The van der Waals surface area contributed by atoms with E-state index in [0.29, 0.717) is 0 Å². The molecule has 0 radical (unpaired) electrons. The number of hydrogen-bond acceptors (Lipinski definition) is 4. The van der Waals surface area contributed by atoms with E-state index in [2.05, 4.69) is 21.4 Å². The summed E-state index contributed by atoms with van der Waals surface area (Å²) < 4.78 is 40.8. The molecule has 2 aromatic rings. The van der Waals surface area contributed by atoms with Crippen LogP contribution in [0.3, 0.4) is 0 Å². The van der Waals surface area contributed by atoms with Crippen LogP contribution in [0.25, 0.3) is 0 Å². The molecule has 146 valence electrons. The van der Waals surface area contributed by atoms with Crippen molar-refractivity contribution in [1.29, 1.82) is 0 Å². The summed E-state index contributed by atoms with van der Waals surface area (Å²) in [5.74, 6) is -0.565. The molecule has 0 bridgehead atoms. The number of halogens is 1. The van der Waals surface area contributed by atoms with Crippen LogP contribution in [0.2, 0.25) is 0 Å². The van der Waals surface area contributed by atoms with Gasteiger partial charge in [0.15, 0.2) is 0 Å². The molecule has 1 heterocycles. The van der Waals surface area contributed by atoms with Gasteiger partial charge in [-0.1, -0.05) is 37.3 Å². The van der Waals surface area contributed by atoms with Crippen molar-refractivity contribution in [2.24, 2.45) is 0 Å². The number of benzene rings is 2. The molecule has 1 fully saturated rings. The lowest BCUT2D eigenvalue weighted by molar-refractivity contribution is 0.131. The predicted molar refractivity (Wildman–Crippen MR) is 104 cm³/mol. The van der Waals surface area contributed by atoms with Gasteiger partial charge in [0, 0.05) is 39.3 Å². The van der Waals surface area contributed by atoms with E-state index in [-0.39, 0.29) is 11.4 Å². The fourth-order valence-corrected chi connectivity index (χ4v) is 4.32. The molecule has 2 aromatic carbocycles. The Balaban J connectivity index is 1.66. The second-order valence-corrected chi connectivity index (χ2v) is 8.53. The van der Waals surface area contributed by atoms with E-state index in [1.165, 1.54) is 18.2 Å². The number of sulfonamides is 1. The highest BCUT2D eigenvalue weighted by molar-refractivity contribution is 7.89. The Morgan fingerprint density at radius 3 is 2.30 bits per heavy atom. The number of rotatable bonds is 7. The molecular weight excluding hydrogens is 365 g/mol. The molecule has 1 saturated heterocycles. The van der Waals surface area contributed by atoms with Gasteiger partial charge in [0.05, 0.1) is 4.90 Å². The highest BCUT2D eigenvalue weighted by Crippen LogP contribution is 2.16. The second-order valence-electron chi connectivity index (χ2n) is 6.76. The van der Waals surface area contributed by atoms with E-state index < -0.39 is 15.8 Å². The molecule has 0 spiro atoms. The van der Waals surface area contributed by atoms with Crippen molar-refractivity contribution < 1.29 is 12.8 Å². The van der Waals surface area contributed by atoms with Gasteiger partial charge in [0.25, 0.3) is 0 Å². The number of piperazine rings is 1. The summed E-state index contributed by atoms with van der Waals surface area (Å²) >= 11 is 0. The Kier molecular flexibility index (Phi) is 6.59. The molecule has 3 rings (SSSR count). The van der Waals surface area contributed by atoms with Gasteiger partial charge in [-0.3, -0.25) is 4.90 Å². The van der Waals surface area contributed by atoms with Crippen LogP contribution < -0.4 is 4.72 Å². The maximum Gasteiger partial charge on any atom is 0.240 e. The minimum Gasteiger partial charge on any atom is -0.301 e. The molecule has 0 aliphatic carbocycles. The van der Waals surface area contributed by atoms with Crippen LogP contribution in [0.4, 0.5) is 4.39 Å². The van der Waals surface area contributed by atoms with Crippen LogP contribution in [0.5, 0.6) is 0 Å². The average Bonchev–Trinajstić information content (AvgIpc) is 2.68. The molecule has 1 aliphatic heterocycles. The first-order valence-corrected chi connectivity index (χ1v) is 10.7. The normalized spacial score (nSPS) is 16.5. The highest BCUT2D eigenvalue weighted by atomic mass is 32.2. The maximum atomic E-state index is 13.3. The summed E-state index contributed by atoms with van der Waals surface area (Å²) in [4.78, 5) is 4.76. The van der Waals surface area contributed by atoms with E-state index in [4.69, 9.17) is 0 Å². The van der Waals surface area contributed by atoms with Gasteiger partial charge in [-0.15, -0.1) is 0 Å². The van der Waals surface area contributed by atoms with Crippen LogP contribution in [-0.2, 0) is 23.1 Å². The first kappa shape index (κ1) is 19.9. The molecule has 0 aromatic heterocycles. The quantitative estimate of drug-likeness (QED) is 0.788. The third-order valence-electron chi connectivity index (χ3n) is 4.98. The molecule has 1 aliphatic rings. The number of hydrogen-bond donors (Lipinski definition) is 1. The molecular formula is C20H26FN3O2S. The number of nitrogens with zero attached hydrogens (tertiary/aromatic N) is 2. The SMILES string of the molecule is CCN1CCN(Cc2ccccc2CNS(=O)(=O)c2cccc(F)c2)CC1. The third kappa shape index (κ3) is 5.35. The molecule has 5 nitrogen and oxygen atoms in total. The summed E-state index contributed by atoms with van der Waals surface area (Å²) in [5, 5.41) is 0. The molecule has 27 heavy (non-hydrogen) atoms. The van der Waals surface area contributed by atoms with Gasteiger partial charge in [-0.05, 0) is 35.9 Å². The lowest BCUT2D eigenvalue weighted by Gasteiger charge is -2.34. The zero-order valence-electron chi connectivity index (χ0n) is 15.6. The first-order chi connectivity index (χ1) is 13.0. The van der Waals surface area contributed by atoms with Crippen molar-refractivity contribution in [2.45, 2.75) is 24.9 Å². The lowest BCUT2D eigenvalue weighted by atomic mass is 10.1. The largest absolute Gasteiger partial charge is 0.301 e. The van der Waals surface area contributed by atoms with Gasteiger partial charge in [0.2, 0.25) is 10.0 Å². The van der Waals surface area contributed by atoms with Crippen molar-refractivity contribution in [3.05, 3.63) is 65.5 Å². The standard InChI is InChI=1S/C20H26FN3O2S/c1-2-23-10-12-24(13-11-23)16-18-7-4-3-6-17(18)15-22-27(25,26)20-9-5-8-19(21)14-20/h3-9,14,22H,2,10-13,15-16H2,1H3. The number of nitrogens with one attached hydrogen (secondary N) is 1. The van der Waals surface area contributed by atoms with Crippen molar-refractivity contribution in [2.75, 3.05) is 32.7 Å². The predicted octanol–water partition coefficient (Wildman–Crippen LogP) is 2.44. The zero-order valence-corrected chi connectivity index (χ0v) is 16.4. The minimum absolute atomic E-state index is 0.0596. The fraction of sp³-hybridized carbons (Fsp3) is 0.400.